The Balaban J connectivity index is 1.47. The molecule has 31 heavy (non-hydrogen) atoms. The molecule has 0 bridgehead atoms. The minimum absolute atomic E-state index is 0.0459. The normalized spacial score (nSPS) is 19.1. The number of hydrogen-bond acceptors (Lipinski definition) is 6. The van der Waals surface area contributed by atoms with Gasteiger partial charge in [-0.3, -0.25) is 9.59 Å². The summed E-state index contributed by atoms with van der Waals surface area (Å²) >= 11 is 0. The molecule has 0 spiro atoms. The molecule has 4 heterocycles. The fourth-order valence-corrected chi connectivity index (χ4v) is 4.20. The van der Waals surface area contributed by atoms with Gasteiger partial charge in [-0.05, 0) is 32.4 Å². The Hall–Kier alpha value is -3.62. The molecule has 2 aromatic heterocycles. The average Bonchev–Trinajstić information content (AvgIpc) is 3.41. The van der Waals surface area contributed by atoms with Gasteiger partial charge in [-0.25, -0.2) is 9.50 Å². The summed E-state index contributed by atoms with van der Waals surface area (Å²) in [5, 5.41) is 9.96. The zero-order valence-electron chi connectivity index (χ0n) is 17.6. The molecule has 5 rings (SSSR count). The maximum atomic E-state index is 13.1. The second-order valence-electron chi connectivity index (χ2n) is 8.46. The Morgan fingerprint density at radius 2 is 2.23 bits per heavy atom. The van der Waals surface area contributed by atoms with Gasteiger partial charge in [-0.15, -0.1) is 0 Å². The lowest BCUT2D eigenvalue weighted by atomic mass is 10.0. The molecule has 0 aliphatic carbocycles. The number of methoxy groups -OCH3 is 1. The lowest BCUT2D eigenvalue weighted by molar-refractivity contribution is -0.120. The molecule has 2 aliphatic rings. The van der Waals surface area contributed by atoms with E-state index in [1.165, 1.54) is 10.7 Å². The molecule has 0 saturated carbocycles. The number of amides is 2. The minimum Gasteiger partial charge on any atom is -0.494 e. The van der Waals surface area contributed by atoms with Gasteiger partial charge in [-0.2, -0.15) is 5.10 Å². The largest absolute Gasteiger partial charge is 0.494 e. The molecule has 1 saturated heterocycles. The predicted octanol–water partition coefficient (Wildman–Crippen LogP) is 2.31. The molecular weight excluding hydrogens is 398 g/mol. The highest BCUT2D eigenvalue weighted by Crippen LogP contribution is 2.41. The van der Waals surface area contributed by atoms with Crippen molar-refractivity contribution in [2.75, 3.05) is 19.0 Å². The fourth-order valence-electron chi connectivity index (χ4n) is 4.20. The molecule has 1 unspecified atom stereocenters. The van der Waals surface area contributed by atoms with Gasteiger partial charge in [-0.1, -0.05) is 0 Å². The zero-order valence-corrected chi connectivity index (χ0v) is 17.6. The Labute approximate surface area is 178 Å². The van der Waals surface area contributed by atoms with Gasteiger partial charge in [0.1, 0.15) is 22.7 Å². The molecule has 1 fully saturated rings. The van der Waals surface area contributed by atoms with E-state index in [9.17, 15) is 9.59 Å². The monoisotopic (exact) mass is 421 g/mol. The van der Waals surface area contributed by atoms with Crippen molar-refractivity contribution in [3.63, 3.8) is 0 Å². The average molecular weight is 421 g/mol. The number of aromatic nitrogens is 3. The third kappa shape index (κ3) is 3.35. The molecule has 2 amide bonds. The van der Waals surface area contributed by atoms with Crippen LogP contribution in [0.3, 0.4) is 0 Å². The standard InChI is InChI=1S/C22H23N5O4/c1-22(2)10-12-8-16(18(30-3)9-17(12)31-22)26-21(29)14-11-24-27-7-5-15(25-19(14)27)13-4-6-23-20(13)28/h5,7-9,11,13H,4,6,10H2,1-3H3,(H,23,28)(H,26,29). The fraction of sp³-hybridized carbons (Fsp3) is 0.364. The van der Waals surface area contributed by atoms with Crippen LogP contribution in [-0.4, -0.2) is 45.7 Å². The first-order chi connectivity index (χ1) is 14.8. The van der Waals surface area contributed by atoms with Crippen molar-refractivity contribution in [2.45, 2.75) is 38.2 Å². The van der Waals surface area contributed by atoms with Gasteiger partial charge in [0.15, 0.2) is 5.65 Å². The summed E-state index contributed by atoms with van der Waals surface area (Å²) in [4.78, 5) is 29.7. The molecule has 9 nitrogen and oxygen atoms in total. The summed E-state index contributed by atoms with van der Waals surface area (Å²) in [6.07, 6.45) is 4.61. The highest BCUT2D eigenvalue weighted by molar-refractivity contribution is 6.08. The van der Waals surface area contributed by atoms with Crippen LogP contribution < -0.4 is 20.1 Å². The van der Waals surface area contributed by atoms with E-state index in [1.807, 2.05) is 19.9 Å². The van der Waals surface area contributed by atoms with Crippen LogP contribution in [0.1, 0.15) is 47.8 Å². The Bertz CT molecular complexity index is 1220. The summed E-state index contributed by atoms with van der Waals surface area (Å²) in [5.74, 6) is 0.563. The molecule has 1 atom stereocenters. The van der Waals surface area contributed by atoms with Gasteiger partial charge in [0.25, 0.3) is 5.91 Å². The van der Waals surface area contributed by atoms with Crippen molar-refractivity contribution in [2.24, 2.45) is 0 Å². The minimum atomic E-state index is -0.355. The lowest BCUT2D eigenvalue weighted by Gasteiger charge is -2.17. The summed E-state index contributed by atoms with van der Waals surface area (Å²) < 4.78 is 12.9. The SMILES string of the molecule is COc1cc2c(cc1NC(=O)c1cnn3ccc(C4CCNC4=O)nc13)CC(C)(C)O2. The third-order valence-electron chi connectivity index (χ3n) is 5.67. The van der Waals surface area contributed by atoms with Crippen molar-refractivity contribution in [1.29, 1.82) is 0 Å². The molecular formula is C22H23N5O4. The first kappa shape index (κ1) is 19.3. The van der Waals surface area contributed by atoms with Crippen LogP contribution in [-0.2, 0) is 11.2 Å². The smallest absolute Gasteiger partial charge is 0.261 e. The number of carbonyl (C=O) groups is 2. The van der Waals surface area contributed by atoms with Crippen LogP contribution in [0.15, 0.2) is 30.6 Å². The van der Waals surface area contributed by atoms with E-state index in [0.29, 0.717) is 41.3 Å². The molecule has 160 valence electrons. The van der Waals surface area contributed by atoms with Gasteiger partial charge < -0.3 is 20.1 Å². The molecule has 3 aromatic rings. The Morgan fingerprint density at radius 3 is 2.97 bits per heavy atom. The van der Waals surface area contributed by atoms with Crippen molar-refractivity contribution >= 4 is 23.1 Å². The number of nitrogens with zero attached hydrogens (tertiary/aromatic N) is 3. The molecule has 1 aromatic carbocycles. The van der Waals surface area contributed by atoms with Crippen LogP contribution >= 0.6 is 0 Å². The highest BCUT2D eigenvalue weighted by Gasteiger charge is 2.32. The summed E-state index contributed by atoms with van der Waals surface area (Å²) in [5.41, 5.74) is 2.61. The second kappa shape index (κ2) is 6.97. The highest BCUT2D eigenvalue weighted by atomic mass is 16.5. The summed E-state index contributed by atoms with van der Waals surface area (Å²) in [6.45, 7) is 4.66. The first-order valence-corrected chi connectivity index (χ1v) is 10.2. The van der Waals surface area contributed by atoms with E-state index < -0.39 is 0 Å². The number of anilines is 1. The van der Waals surface area contributed by atoms with Gasteiger partial charge in [0.2, 0.25) is 5.91 Å². The number of carbonyl (C=O) groups excluding carboxylic acids is 2. The summed E-state index contributed by atoms with van der Waals surface area (Å²) in [6, 6.07) is 5.45. The number of nitrogens with one attached hydrogen (secondary N) is 2. The van der Waals surface area contributed by atoms with Crippen molar-refractivity contribution in [1.82, 2.24) is 19.9 Å². The van der Waals surface area contributed by atoms with E-state index in [0.717, 1.165) is 17.7 Å². The number of hydrogen-bond donors (Lipinski definition) is 2. The number of ether oxygens (including phenoxy) is 2. The predicted molar refractivity (Wildman–Crippen MR) is 113 cm³/mol. The van der Waals surface area contributed by atoms with E-state index in [-0.39, 0.29) is 23.3 Å². The van der Waals surface area contributed by atoms with Gasteiger partial charge in [0, 0.05) is 30.8 Å². The maximum absolute atomic E-state index is 13.1. The molecule has 2 aliphatic heterocycles. The zero-order chi connectivity index (χ0) is 21.8. The Morgan fingerprint density at radius 1 is 1.39 bits per heavy atom. The van der Waals surface area contributed by atoms with Gasteiger partial charge >= 0.3 is 0 Å². The lowest BCUT2D eigenvalue weighted by Crippen LogP contribution is -2.24. The van der Waals surface area contributed by atoms with E-state index in [4.69, 9.17) is 9.47 Å². The summed E-state index contributed by atoms with van der Waals surface area (Å²) in [7, 11) is 1.55. The van der Waals surface area contributed by atoms with E-state index in [2.05, 4.69) is 20.7 Å². The number of benzene rings is 1. The second-order valence-corrected chi connectivity index (χ2v) is 8.46. The third-order valence-corrected chi connectivity index (χ3v) is 5.67. The van der Waals surface area contributed by atoms with E-state index in [1.54, 1.807) is 25.4 Å². The Kier molecular flexibility index (Phi) is 4.35. The number of rotatable bonds is 4. The molecule has 2 N–H and O–H groups in total. The first-order valence-electron chi connectivity index (χ1n) is 10.2. The van der Waals surface area contributed by atoms with Crippen LogP contribution in [0, 0.1) is 0 Å². The number of fused-ring (bicyclic) bond motifs is 2. The quantitative estimate of drug-likeness (QED) is 0.670. The van der Waals surface area contributed by atoms with Crippen molar-refractivity contribution in [3.8, 4) is 11.5 Å². The van der Waals surface area contributed by atoms with Crippen LogP contribution in [0.25, 0.3) is 5.65 Å². The molecule has 9 heteroatoms. The maximum Gasteiger partial charge on any atom is 0.261 e. The topological polar surface area (TPSA) is 107 Å². The van der Waals surface area contributed by atoms with Crippen LogP contribution in [0.2, 0.25) is 0 Å². The molecule has 0 radical (unpaired) electrons. The van der Waals surface area contributed by atoms with Crippen molar-refractivity contribution in [3.05, 3.63) is 47.4 Å². The van der Waals surface area contributed by atoms with Gasteiger partial charge in [0.05, 0.1) is 30.6 Å². The van der Waals surface area contributed by atoms with Crippen LogP contribution in [0.5, 0.6) is 11.5 Å². The van der Waals surface area contributed by atoms with Crippen LogP contribution in [0.4, 0.5) is 5.69 Å². The van der Waals surface area contributed by atoms with E-state index >= 15 is 0 Å². The van der Waals surface area contributed by atoms with Crippen molar-refractivity contribution < 1.29 is 19.1 Å².